The minimum Gasteiger partial charge on any atom is -0.360 e. The highest BCUT2D eigenvalue weighted by Crippen LogP contribution is 2.14. The third-order valence-electron chi connectivity index (χ3n) is 2.87. The Bertz CT molecular complexity index is 780. The first-order chi connectivity index (χ1) is 11.3. The molecule has 1 aromatic rings. The van der Waals surface area contributed by atoms with Crippen molar-refractivity contribution < 1.29 is 17.8 Å². The predicted octanol–water partition coefficient (Wildman–Crippen LogP) is 1.95. The highest BCUT2D eigenvalue weighted by molar-refractivity contribution is 7.85. The quantitative estimate of drug-likeness (QED) is 0.322. The average molecular weight is 347 g/mol. The van der Waals surface area contributed by atoms with Crippen LogP contribution in [0.1, 0.15) is 0 Å². The van der Waals surface area contributed by atoms with E-state index in [4.69, 9.17) is 9.81 Å². The van der Waals surface area contributed by atoms with Gasteiger partial charge in [-0.15, -0.1) is 13.2 Å². The highest BCUT2D eigenvalue weighted by atomic mass is 32.2. The Kier molecular flexibility index (Phi) is 6.92. The molecule has 0 atom stereocenters. The number of rotatable bonds is 8. The van der Waals surface area contributed by atoms with E-state index in [1.807, 2.05) is 6.07 Å². The first-order valence-electron chi connectivity index (χ1n) is 6.79. The van der Waals surface area contributed by atoms with Gasteiger partial charge in [0.25, 0.3) is 16.0 Å². The second kappa shape index (κ2) is 8.67. The highest BCUT2D eigenvalue weighted by Gasteiger charge is 2.16. The Morgan fingerprint density at radius 2 is 1.79 bits per heavy atom. The van der Waals surface area contributed by atoms with Crippen LogP contribution in [0.3, 0.4) is 0 Å². The number of nitrogens with one attached hydrogen (secondary N) is 1. The molecule has 1 rings (SSSR count). The summed E-state index contributed by atoms with van der Waals surface area (Å²) in [7, 11) is -4.27. The summed E-state index contributed by atoms with van der Waals surface area (Å²) >= 11 is 0. The lowest BCUT2D eigenvalue weighted by atomic mass is 10.2. The average Bonchev–Trinajstić information content (AvgIpc) is 2.54. The number of benzene rings is 1. The number of hydrogen-bond donors (Lipinski definition) is 2. The van der Waals surface area contributed by atoms with Gasteiger partial charge < -0.3 is 10.2 Å². The fourth-order valence-electron chi connectivity index (χ4n) is 1.74. The van der Waals surface area contributed by atoms with Crippen molar-refractivity contribution >= 4 is 21.7 Å². The molecule has 24 heavy (non-hydrogen) atoms. The number of anilines is 1. The van der Waals surface area contributed by atoms with Crippen LogP contribution in [0.15, 0.2) is 66.2 Å². The standard InChI is InChI=1S/C16H17N3O4S/c1-3-9-19(10-4-2)16(20)13(11-17)12-18-14-5-7-15(8-6-14)24(21,22)23/h3-8,12,18H,1-2,9-10H2,(H,21,22,23)/b13-12-. The monoisotopic (exact) mass is 347 g/mol. The van der Waals surface area contributed by atoms with Crippen LogP contribution in [0.5, 0.6) is 0 Å². The normalized spacial score (nSPS) is 11.2. The van der Waals surface area contributed by atoms with E-state index in [0.717, 1.165) is 0 Å². The van der Waals surface area contributed by atoms with Gasteiger partial charge in [0.2, 0.25) is 0 Å². The zero-order chi connectivity index (χ0) is 18.2. The van der Waals surface area contributed by atoms with E-state index in [9.17, 15) is 13.2 Å². The van der Waals surface area contributed by atoms with Crippen LogP contribution < -0.4 is 5.32 Å². The lowest BCUT2D eigenvalue weighted by Crippen LogP contribution is -2.32. The number of hydrogen-bond acceptors (Lipinski definition) is 5. The van der Waals surface area contributed by atoms with Crippen LogP contribution in [-0.2, 0) is 14.9 Å². The number of amides is 1. The Morgan fingerprint density at radius 3 is 2.21 bits per heavy atom. The summed E-state index contributed by atoms with van der Waals surface area (Å²) < 4.78 is 30.8. The maximum absolute atomic E-state index is 12.2. The van der Waals surface area contributed by atoms with E-state index >= 15 is 0 Å². The number of carbonyl (C=O) groups excluding carboxylic acids is 1. The second-order valence-corrected chi connectivity index (χ2v) is 6.02. The topological polar surface area (TPSA) is 111 Å². The Labute approximate surface area is 141 Å². The molecule has 126 valence electrons. The Morgan fingerprint density at radius 1 is 1.25 bits per heavy atom. The van der Waals surface area contributed by atoms with E-state index < -0.39 is 16.0 Å². The van der Waals surface area contributed by atoms with Gasteiger partial charge in [-0.25, -0.2) is 0 Å². The molecule has 0 aliphatic heterocycles. The summed E-state index contributed by atoms with van der Waals surface area (Å²) in [4.78, 5) is 13.4. The van der Waals surface area contributed by atoms with Crippen LogP contribution >= 0.6 is 0 Å². The molecule has 8 heteroatoms. The smallest absolute Gasteiger partial charge is 0.294 e. The maximum Gasteiger partial charge on any atom is 0.294 e. The predicted molar refractivity (Wildman–Crippen MR) is 90.5 cm³/mol. The molecule has 1 amide bonds. The van der Waals surface area contributed by atoms with Crippen molar-refractivity contribution in [2.45, 2.75) is 4.90 Å². The van der Waals surface area contributed by atoms with Gasteiger partial charge in [-0.3, -0.25) is 9.35 Å². The third-order valence-corrected chi connectivity index (χ3v) is 3.74. The molecular formula is C16H17N3O4S. The van der Waals surface area contributed by atoms with Crippen LogP contribution in [0.25, 0.3) is 0 Å². The van der Waals surface area contributed by atoms with Crippen molar-refractivity contribution in [2.75, 3.05) is 18.4 Å². The molecule has 0 bridgehead atoms. The minimum absolute atomic E-state index is 0.127. The van der Waals surface area contributed by atoms with Crippen LogP contribution in [0, 0.1) is 11.3 Å². The van der Waals surface area contributed by atoms with E-state index in [2.05, 4.69) is 18.5 Å². The van der Waals surface area contributed by atoms with Crippen molar-refractivity contribution in [3.05, 3.63) is 61.3 Å². The molecule has 0 saturated heterocycles. The van der Waals surface area contributed by atoms with E-state index in [-0.39, 0.29) is 23.6 Å². The van der Waals surface area contributed by atoms with Gasteiger partial charge in [0, 0.05) is 25.0 Å². The Balaban J connectivity index is 2.93. The first-order valence-corrected chi connectivity index (χ1v) is 8.23. The van der Waals surface area contributed by atoms with Crippen LogP contribution in [-0.4, -0.2) is 36.9 Å². The number of carbonyl (C=O) groups is 1. The van der Waals surface area contributed by atoms with Crippen molar-refractivity contribution in [3.8, 4) is 6.07 Å². The SMILES string of the molecule is C=CCN(CC=C)C(=O)/C(C#N)=C\Nc1ccc(S(=O)(=O)O)cc1. The van der Waals surface area contributed by atoms with Crippen molar-refractivity contribution in [1.29, 1.82) is 5.26 Å². The fourth-order valence-corrected chi connectivity index (χ4v) is 2.22. The summed E-state index contributed by atoms with van der Waals surface area (Å²) in [6.45, 7) is 7.65. The molecule has 2 N–H and O–H groups in total. The molecule has 0 aliphatic rings. The van der Waals surface area contributed by atoms with Gasteiger partial charge in [0.05, 0.1) is 4.90 Å². The number of nitrogens with zero attached hydrogens (tertiary/aromatic N) is 2. The van der Waals surface area contributed by atoms with Crippen molar-refractivity contribution in [1.82, 2.24) is 4.90 Å². The molecule has 0 radical (unpaired) electrons. The summed E-state index contributed by atoms with van der Waals surface area (Å²) in [5.41, 5.74) is 0.319. The van der Waals surface area contributed by atoms with Gasteiger partial charge in [0.1, 0.15) is 11.6 Å². The zero-order valence-corrected chi connectivity index (χ0v) is 13.7. The molecule has 0 fully saturated rings. The van der Waals surface area contributed by atoms with Crippen LogP contribution in [0.4, 0.5) is 5.69 Å². The number of nitriles is 1. The van der Waals surface area contributed by atoms with Crippen LogP contribution in [0.2, 0.25) is 0 Å². The first kappa shape index (κ1) is 19.2. The summed E-state index contributed by atoms with van der Waals surface area (Å²) in [5.74, 6) is -0.487. The van der Waals surface area contributed by atoms with Gasteiger partial charge in [-0.2, -0.15) is 13.7 Å². The van der Waals surface area contributed by atoms with E-state index in [0.29, 0.717) is 5.69 Å². The van der Waals surface area contributed by atoms with Crippen molar-refractivity contribution in [3.63, 3.8) is 0 Å². The molecule has 0 aromatic heterocycles. The second-order valence-electron chi connectivity index (χ2n) is 4.60. The summed E-state index contributed by atoms with van der Waals surface area (Å²) in [5, 5.41) is 11.9. The molecule has 0 spiro atoms. The molecule has 7 nitrogen and oxygen atoms in total. The molecule has 0 unspecified atom stereocenters. The fraction of sp³-hybridized carbons (Fsp3) is 0.125. The minimum atomic E-state index is -4.27. The molecule has 0 aliphatic carbocycles. The molecule has 1 aromatic carbocycles. The summed E-state index contributed by atoms with van der Waals surface area (Å²) in [6, 6.07) is 6.99. The largest absolute Gasteiger partial charge is 0.360 e. The summed E-state index contributed by atoms with van der Waals surface area (Å²) in [6.07, 6.45) is 4.31. The van der Waals surface area contributed by atoms with E-state index in [1.165, 1.54) is 47.5 Å². The van der Waals surface area contributed by atoms with Crippen molar-refractivity contribution in [2.24, 2.45) is 0 Å². The zero-order valence-electron chi connectivity index (χ0n) is 12.8. The molecule has 0 heterocycles. The lowest BCUT2D eigenvalue weighted by Gasteiger charge is -2.18. The molecular weight excluding hydrogens is 330 g/mol. The molecule has 0 saturated carbocycles. The lowest BCUT2D eigenvalue weighted by molar-refractivity contribution is -0.125. The Hall–Kier alpha value is -2.89. The van der Waals surface area contributed by atoms with Gasteiger partial charge in [-0.1, -0.05) is 12.2 Å². The maximum atomic E-state index is 12.2. The van der Waals surface area contributed by atoms with Gasteiger partial charge in [0.15, 0.2) is 0 Å². The van der Waals surface area contributed by atoms with Gasteiger partial charge in [-0.05, 0) is 24.3 Å². The van der Waals surface area contributed by atoms with E-state index in [1.54, 1.807) is 0 Å². The third kappa shape index (κ3) is 5.39. The van der Waals surface area contributed by atoms with Gasteiger partial charge >= 0.3 is 0 Å².